The minimum atomic E-state index is -3.59. The van der Waals surface area contributed by atoms with E-state index in [9.17, 15) is 8.42 Å². The number of hydrogen-bond acceptors (Lipinski definition) is 6. The van der Waals surface area contributed by atoms with Crippen LogP contribution in [0.3, 0.4) is 0 Å². The molecule has 0 atom stereocenters. The fraction of sp³-hybridized carbons (Fsp3) is 0.750. The maximum Gasteiger partial charge on any atom is 0.249 e. The summed E-state index contributed by atoms with van der Waals surface area (Å²) in [7, 11) is -0.619. The van der Waals surface area contributed by atoms with Crippen molar-refractivity contribution in [2.45, 2.75) is 38.6 Å². The third-order valence-corrected chi connectivity index (χ3v) is 7.52. The maximum absolute atomic E-state index is 12.3. The summed E-state index contributed by atoms with van der Waals surface area (Å²) in [6, 6.07) is 0.200. The molecule has 8 heteroatoms. The van der Waals surface area contributed by atoms with Gasteiger partial charge in [-0.1, -0.05) is 27.7 Å². The van der Waals surface area contributed by atoms with E-state index >= 15 is 0 Å². The molecule has 1 aromatic rings. The molecular weight excluding hydrogens is 296 g/mol. The number of nitrogen functional groups attached to an aromatic ring is 1. The van der Waals surface area contributed by atoms with Gasteiger partial charge in [-0.25, -0.2) is 12.7 Å². The smallest absolute Gasteiger partial charge is 0.249 e. The Morgan fingerprint density at radius 2 is 1.75 bits per heavy atom. The molecule has 1 aliphatic carbocycles. The van der Waals surface area contributed by atoms with E-state index < -0.39 is 10.0 Å². The number of nitrogens with one attached hydrogen (secondary N) is 1. The molecule has 0 aromatic carbocycles. The Balaban J connectivity index is 2.38. The second kappa shape index (κ2) is 4.32. The van der Waals surface area contributed by atoms with Crippen LogP contribution in [-0.2, 0) is 10.0 Å². The van der Waals surface area contributed by atoms with E-state index in [-0.39, 0.29) is 27.6 Å². The molecule has 3 N–H and O–H groups in total. The SMILES string of the molecule is CN(C)S(=O)(=O)c1c(N)nsc1NC1C(C)(C)C1(C)C. The Morgan fingerprint density at radius 3 is 2.15 bits per heavy atom. The number of hydrogen-bond donors (Lipinski definition) is 2. The van der Waals surface area contributed by atoms with Crippen molar-refractivity contribution in [1.82, 2.24) is 8.68 Å². The zero-order valence-electron chi connectivity index (χ0n) is 12.7. The monoisotopic (exact) mass is 318 g/mol. The van der Waals surface area contributed by atoms with Gasteiger partial charge in [-0.15, -0.1) is 0 Å². The lowest BCUT2D eigenvalue weighted by Crippen LogP contribution is -2.24. The zero-order chi connectivity index (χ0) is 15.5. The molecule has 0 amide bonds. The Labute approximate surface area is 124 Å². The standard InChI is InChI=1S/C12H22N4O2S2/c1-11(2)10(12(11,3)4)14-9-7(8(13)15-19-9)20(17,18)16(5)6/h10,14H,1-6H3,(H2,13,15). The first-order valence-corrected chi connectivity index (χ1v) is 8.59. The van der Waals surface area contributed by atoms with Gasteiger partial charge >= 0.3 is 0 Å². The van der Waals surface area contributed by atoms with Gasteiger partial charge in [0.15, 0.2) is 10.7 Å². The summed E-state index contributed by atoms with van der Waals surface area (Å²) in [6.07, 6.45) is 0. The van der Waals surface area contributed by atoms with Crippen LogP contribution in [0.15, 0.2) is 4.90 Å². The maximum atomic E-state index is 12.3. The number of aromatic nitrogens is 1. The van der Waals surface area contributed by atoms with Crippen molar-refractivity contribution in [3.8, 4) is 0 Å². The van der Waals surface area contributed by atoms with E-state index in [4.69, 9.17) is 5.73 Å². The average molecular weight is 318 g/mol. The van der Waals surface area contributed by atoms with Crippen LogP contribution in [0.5, 0.6) is 0 Å². The summed E-state index contributed by atoms with van der Waals surface area (Å²) >= 11 is 1.10. The van der Waals surface area contributed by atoms with Crippen molar-refractivity contribution >= 4 is 32.4 Å². The van der Waals surface area contributed by atoms with E-state index in [1.54, 1.807) is 0 Å². The second-order valence-electron chi connectivity index (χ2n) is 6.53. The molecule has 0 radical (unpaired) electrons. The van der Waals surface area contributed by atoms with Gasteiger partial charge in [-0.3, -0.25) is 0 Å². The predicted molar refractivity (Wildman–Crippen MR) is 82.4 cm³/mol. The van der Waals surface area contributed by atoms with Crippen LogP contribution in [0.2, 0.25) is 0 Å². The number of nitrogens with two attached hydrogens (primary N) is 1. The topological polar surface area (TPSA) is 88.3 Å². The Morgan fingerprint density at radius 1 is 1.25 bits per heavy atom. The van der Waals surface area contributed by atoms with Gasteiger partial charge < -0.3 is 11.1 Å². The van der Waals surface area contributed by atoms with Crippen molar-refractivity contribution in [1.29, 1.82) is 0 Å². The zero-order valence-corrected chi connectivity index (χ0v) is 14.3. The van der Waals surface area contributed by atoms with Gasteiger partial charge in [0.05, 0.1) is 0 Å². The van der Waals surface area contributed by atoms with Gasteiger partial charge in [-0.05, 0) is 22.4 Å². The van der Waals surface area contributed by atoms with Crippen LogP contribution in [0.4, 0.5) is 10.8 Å². The van der Waals surface area contributed by atoms with Gasteiger partial charge in [0.25, 0.3) is 0 Å². The van der Waals surface area contributed by atoms with Gasteiger partial charge in [-0.2, -0.15) is 4.37 Å². The molecule has 1 aromatic heterocycles. The molecular formula is C12H22N4O2S2. The molecule has 20 heavy (non-hydrogen) atoms. The molecule has 114 valence electrons. The number of rotatable bonds is 4. The fourth-order valence-corrected chi connectivity index (χ4v) is 4.60. The molecule has 0 unspecified atom stereocenters. The Hall–Kier alpha value is -0.860. The van der Waals surface area contributed by atoms with Gasteiger partial charge in [0.1, 0.15) is 5.00 Å². The molecule has 0 saturated heterocycles. The minimum absolute atomic E-state index is 0.0578. The summed E-state index contributed by atoms with van der Waals surface area (Å²) in [5.74, 6) is 0.0578. The van der Waals surface area contributed by atoms with E-state index in [0.29, 0.717) is 5.00 Å². The quantitative estimate of drug-likeness (QED) is 0.884. The van der Waals surface area contributed by atoms with Crippen LogP contribution < -0.4 is 11.1 Å². The molecule has 0 spiro atoms. The number of anilines is 2. The second-order valence-corrected chi connectivity index (χ2v) is 9.40. The van der Waals surface area contributed by atoms with Crippen LogP contribution in [0, 0.1) is 10.8 Å². The highest BCUT2D eigenvalue weighted by molar-refractivity contribution is 7.89. The van der Waals surface area contributed by atoms with E-state index in [1.807, 2.05) is 0 Å². The summed E-state index contributed by atoms with van der Waals surface area (Å²) in [6.45, 7) is 8.65. The third-order valence-electron chi connectivity index (χ3n) is 4.71. The van der Waals surface area contributed by atoms with Crippen molar-refractivity contribution in [2.24, 2.45) is 10.8 Å². The van der Waals surface area contributed by atoms with Crippen LogP contribution in [-0.4, -0.2) is 37.2 Å². The van der Waals surface area contributed by atoms with Crippen molar-refractivity contribution < 1.29 is 8.42 Å². The molecule has 6 nitrogen and oxygen atoms in total. The minimum Gasteiger partial charge on any atom is -0.382 e. The van der Waals surface area contributed by atoms with Crippen LogP contribution in [0.1, 0.15) is 27.7 Å². The van der Waals surface area contributed by atoms with Crippen LogP contribution in [0.25, 0.3) is 0 Å². The van der Waals surface area contributed by atoms with Crippen molar-refractivity contribution in [3.63, 3.8) is 0 Å². The first kappa shape index (κ1) is 15.5. The lowest BCUT2D eigenvalue weighted by molar-refractivity contribution is 0.457. The van der Waals surface area contributed by atoms with Crippen LogP contribution >= 0.6 is 11.5 Å². The molecule has 0 bridgehead atoms. The summed E-state index contributed by atoms with van der Waals surface area (Å²) in [4.78, 5) is 0.0889. The Kier molecular flexibility index (Phi) is 3.35. The van der Waals surface area contributed by atoms with Crippen molar-refractivity contribution in [2.75, 3.05) is 25.1 Å². The first-order chi connectivity index (χ1) is 8.94. The molecule has 1 heterocycles. The number of sulfonamides is 1. The molecule has 1 saturated carbocycles. The summed E-state index contributed by atoms with van der Waals surface area (Å²) in [5.41, 5.74) is 5.95. The lowest BCUT2D eigenvalue weighted by Gasteiger charge is -2.13. The average Bonchev–Trinajstić information content (AvgIpc) is 2.62. The highest BCUT2D eigenvalue weighted by Crippen LogP contribution is 2.64. The van der Waals surface area contributed by atoms with Gasteiger partial charge in [0.2, 0.25) is 10.0 Å². The Bertz CT molecular complexity index is 618. The third kappa shape index (κ3) is 2.01. The lowest BCUT2D eigenvalue weighted by atomic mass is 10.0. The highest BCUT2D eigenvalue weighted by Gasteiger charge is 2.65. The molecule has 1 fully saturated rings. The highest BCUT2D eigenvalue weighted by atomic mass is 32.2. The molecule has 1 aliphatic rings. The van der Waals surface area contributed by atoms with E-state index in [0.717, 1.165) is 15.8 Å². The van der Waals surface area contributed by atoms with Gasteiger partial charge in [0, 0.05) is 20.1 Å². The fourth-order valence-electron chi connectivity index (χ4n) is 2.51. The normalized spacial score (nSPS) is 21.1. The van der Waals surface area contributed by atoms with E-state index in [1.165, 1.54) is 14.1 Å². The molecule has 2 rings (SSSR count). The van der Waals surface area contributed by atoms with E-state index in [2.05, 4.69) is 37.4 Å². The van der Waals surface area contributed by atoms with Crippen molar-refractivity contribution in [3.05, 3.63) is 0 Å². The predicted octanol–water partition coefficient (Wildman–Crippen LogP) is 1.82. The number of nitrogens with zero attached hydrogens (tertiary/aromatic N) is 2. The summed E-state index contributed by atoms with van der Waals surface area (Å²) < 4.78 is 29.8. The largest absolute Gasteiger partial charge is 0.382 e. The molecule has 0 aliphatic heterocycles. The first-order valence-electron chi connectivity index (χ1n) is 6.38. The summed E-state index contributed by atoms with van der Waals surface area (Å²) in [5, 5.41) is 3.84.